The summed E-state index contributed by atoms with van der Waals surface area (Å²) in [6, 6.07) is 16.8. The first kappa shape index (κ1) is 37.8. The SMILES string of the molecule is C=CCCCCC(=C)c1ccc(C)cc1.CC.CCC.CP.Clc1ccc(CCCN2CCCC2)cc1. The molecule has 0 radical (unpaired) electrons. The third-order valence-corrected chi connectivity index (χ3v) is 5.90. The van der Waals surface area contributed by atoms with Crippen molar-refractivity contribution in [3.63, 3.8) is 0 Å². The van der Waals surface area contributed by atoms with E-state index < -0.39 is 0 Å². The highest BCUT2D eigenvalue weighted by Crippen LogP contribution is 2.19. The van der Waals surface area contributed by atoms with Gasteiger partial charge in [-0.25, -0.2) is 0 Å². The standard InChI is InChI=1S/C15H20.C13H18ClN.C3H8.C2H6.CH5P/c1-4-5-6-7-8-14(3)15-11-9-13(2)10-12-15;14-13-7-5-12(6-8-13)4-3-11-15-9-1-2-10-15;1-3-2;2*1-2/h4,9-12H,1,3,5-8H2,2H3;5-8H,1-4,9-11H2;3H2,1-2H3;1-2H3;2H2,1H3. The summed E-state index contributed by atoms with van der Waals surface area (Å²) in [5.74, 6) is 0. The van der Waals surface area contributed by atoms with E-state index in [-0.39, 0.29) is 0 Å². The molecule has 0 saturated carbocycles. The van der Waals surface area contributed by atoms with Gasteiger partial charge in [0, 0.05) is 5.02 Å². The fourth-order valence-corrected chi connectivity index (χ4v) is 3.85. The van der Waals surface area contributed by atoms with Gasteiger partial charge in [0.15, 0.2) is 0 Å². The number of aryl methyl sites for hydroxylation is 2. The number of rotatable bonds is 10. The summed E-state index contributed by atoms with van der Waals surface area (Å²) < 4.78 is 0. The van der Waals surface area contributed by atoms with Crippen molar-refractivity contribution in [2.45, 2.75) is 92.4 Å². The molecule has 1 fully saturated rings. The molecular weight excluding hydrogens is 489 g/mol. The predicted molar refractivity (Wildman–Crippen MR) is 177 cm³/mol. The van der Waals surface area contributed by atoms with Gasteiger partial charge in [0.25, 0.3) is 0 Å². The molecule has 1 atom stereocenters. The number of unbranched alkanes of at least 4 members (excludes halogenated alkanes) is 2. The van der Waals surface area contributed by atoms with E-state index in [9.17, 15) is 0 Å². The third kappa shape index (κ3) is 21.2. The maximum absolute atomic E-state index is 5.84. The van der Waals surface area contributed by atoms with Gasteiger partial charge in [0.2, 0.25) is 0 Å². The molecule has 1 unspecified atom stereocenters. The normalized spacial score (nSPS) is 11.8. The zero-order chi connectivity index (χ0) is 28.3. The predicted octanol–water partition coefficient (Wildman–Crippen LogP) is 11.1. The molecule has 0 bridgehead atoms. The van der Waals surface area contributed by atoms with Gasteiger partial charge in [-0.2, -0.15) is 0 Å². The van der Waals surface area contributed by atoms with Crippen molar-refractivity contribution < 1.29 is 0 Å². The van der Waals surface area contributed by atoms with Crippen molar-refractivity contribution in [1.29, 1.82) is 0 Å². The number of halogens is 1. The molecule has 0 aliphatic carbocycles. The third-order valence-electron chi connectivity index (χ3n) is 5.65. The number of benzene rings is 2. The molecule has 1 heterocycles. The van der Waals surface area contributed by atoms with Crippen LogP contribution in [0.5, 0.6) is 0 Å². The Labute approximate surface area is 239 Å². The summed E-state index contributed by atoms with van der Waals surface area (Å²) in [7, 11) is 2.42. The minimum absolute atomic E-state index is 0.832. The van der Waals surface area contributed by atoms with Crippen molar-refractivity contribution in [2.75, 3.05) is 26.3 Å². The molecule has 2 aromatic rings. The van der Waals surface area contributed by atoms with Crippen molar-refractivity contribution in [3.8, 4) is 0 Å². The van der Waals surface area contributed by atoms with Crippen LogP contribution >= 0.6 is 20.8 Å². The Balaban J connectivity index is 0. The van der Waals surface area contributed by atoms with Crippen LogP contribution in [0.15, 0.2) is 67.8 Å². The van der Waals surface area contributed by atoms with Gasteiger partial charge in [-0.05, 0) is 107 Å². The maximum atomic E-state index is 5.84. The molecule has 0 spiro atoms. The van der Waals surface area contributed by atoms with Crippen molar-refractivity contribution >= 4 is 26.4 Å². The molecule has 3 rings (SSSR count). The highest BCUT2D eigenvalue weighted by atomic mass is 35.5. The summed E-state index contributed by atoms with van der Waals surface area (Å²) in [4.78, 5) is 2.57. The minimum Gasteiger partial charge on any atom is -0.303 e. The van der Waals surface area contributed by atoms with Gasteiger partial charge < -0.3 is 4.90 Å². The molecular formula is C34H57ClNP. The van der Waals surface area contributed by atoms with Crippen LogP contribution in [0, 0.1) is 6.92 Å². The molecule has 1 saturated heterocycles. The van der Waals surface area contributed by atoms with Crippen LogP contribution in [0.1, 0.15) is 95.8 Å². The first-order valence-corrected chi connectivity index (χ1v) is 15.9. The van der Waals surface area contributed by atoms with E-state index in [0.29, 0.717) is 0 Å². The van der Waals surface area contributed by atoms with Crippen LogP contribution in [0.3, 0.4) is 0 Å². The van der Waals surface area contributed by atoms with Crippen molar-refractivity contribution in [3.05, 3.63) is 89.5 Å². The number of nitrogens with zero attached hydrogens (tertiary/aromatic N) is 1. The van der Waals surface area contributed by atoms with Crippen molar-refractivity contribution in [2.24, 2.45) is 0 Å². The topological polar surface area (TPSA) is 3.24 Å². The summed E-state index contributed by atoms with van der Waals surface area (Å²) in [5.41, 5.74) is 5.23. The number of likely N-dealkylation sites (tertiary alicyclic amines) is 1. The lowest BCUT2D eigenvalue weighted by Gasteiger charge is -2.13. The number of hydrogen-bond donors (Lipinski definition) is 0. The minimum atomic E-state index is 0.832. The van der Waals surface area contributed by atoms with E-state index in [1.54, 1.807) is 0 Å². The van der Waals surface area contributed by atoms with E-state index >= 15 is 0 Å². The lowest BCUT2D eigenvalue weighted by molar-refractivity contribution is 0.334. The van der Waals surface area contributed by atoms with Gasteiger partial charge in [-0.1, -0.05) is 107 Å². The molecule has 0 aromatic heterocycles. The average Bonchev–Trinajstić information content (AvgIpc) is 3.45. The van der Waals surface area contributed by atoms with Gasteiger partial charge in [0.1, 0.15) is 0 Å². The molecule has 0 N–H and O–H groups in total. The van der Waals surface area contributed by atoms with Gasteiger partial charge >= 0.3 is 0 Å². The Bertz CT molecular complexity index is 761. The Kier molecular flexibility index (Phi) is 28.2. The van der Waals surface area contributed by atoms with Gasteiger partial charge in [-0.3, -0.25) is 0 Å². The van der Waals surface area contributed by atoms with E-state index in [2.05, 4.69) is 84.5 Å². The van der Waals surface area contributed by atoms with Crippen LogP contribution in [-0.4, -0.2) is 31.2 Å². The maximum Gasteiger partial charge on any atom is 0.0406 e. The highest BCUT2D eigenvalue weighted by Gasteiger charge is 2.10. The van der Waals surface area contributed by atoms with Crippen LogP contribution in [0.4, 0.5) is 0 Å². The number of allylic oxidation sites excluding steroid dienone is 2. The molecule has 1 nitrogen and oxygen atoms in total. The quantitative estimate of drug-likeness (QED) is 0.163. The van der Waals surface area contributed by atoms with E-state index in [1.807, 2.05) is 38.7 Å². The molecule has 37 heavy (non-hydrogen) atoms. The lowest BCUT2D eigenvalue weighted by atomic mass is 10.0. The lowest BCUT2D eigenvalue weighted by Crippen LogP contribution is -2.20. The molecule has 1 aliphatic rings. The summed E-state index contributed by atoms with van der Waals surface area (Å²) >= 11 is 5.84. The zero-order valence-electron chi connectivity index (χ0n) is 25.0. The van der Waals surface area contributed by atoms with E-state index in [1.165, 1.54) is 86.8 Å². The second kappa shape index (κ2) is 27.6. The van der Waals surface area contributed by atoms with Crippen LogP contribution < -0.4 is 0 Å². The monoisotopic (exact) mass is 545 g/mol. The molecule has 1 aliphatic heterocycles. The summed E-state index contributed by atoms with van der Waals surface area (Å²) in [6.07, 6.45) is 13.1. The smallest absolute Gasteiger partial charge is 0.0406 e. The van der Waals surface area contributed by atoms with Gasteiger partial charge in [-0.15, -0.1) is 15.8 Å². The molecule has 210 valence electrons. The summed E-state index contributed by atoms with van der Waals surface area (Å²) in [6.45, 7) is 24.0. The van der Waals surface area contributed by atoms with E-state index in [4.69, 9.17) is 11.6 Å². The zero-order valence-corrected chi connectivity index (χ0v) is 26.9. The Morgan fingerprint density at radius 3 is 1.97 bits per heavy atom. The second-order valence-corrected chi connectivity index (χ2v) is 9.43. The fraction of sp³-hybridized carbons (Fsp3) is 0.529. The van der Waals surface area contributed by atoms with Crippen molar-refractivity contribution in [1.82, 2.24) is 4.90 Å². The number of hydrogen-bond acceptors (Lipinski definition) is 1. The Morgan fingerprint density at radius 2 is 1.46 bits per heavy atom. The second-order valence-electron chi connectivity index (χ2n) is 8.99. The van der Waals surface area contributed by atoms with Gasteiger partial charge in [0.05, 0.1) is 0 Å². The summed E-state index contributed by atoms with van der Waals surface area (Å²) in [5, 5.41) is 0.832. The Morgan fingerprint density at radius 1 is 0.919 bits per heavy atom. The molecule has 0 amide bonds. The van der Waals surface area contributed by atoms with E-state index in [0.717, 1.165) is 17.9 Å². The van der Waals surface area contributed by atoms with Crippen LogP contribution in [0.25, 0.3) is 5.57 Å². The van der Waals surface area contributed by atoms with Crippen LogP contribution in [-0.2, 0) is 6.42 Å². The molecule has 3 heteroatoms. The first-order valence-electron chi connectivity index (χ1n) is 14.4. The Hall–Kier alpha value is -1.40. The first-order chi connectivity index (χ1) is 18.0. The molecule has 2 aromatic carbocycles. The average molecular weight is 546 g/mol. The largest absolute Gasteiger partial charge is 0.303 e. The fourth-order valence-electron chi connectivity index (χ4n) is 3.72. The highest BCUT2D eigenvalue weighted by molar-refractivity contribution is 7.15. The van der Waals surface area contributed by atoms with Crippen LogP contribution in [0.2, 0.25) is 5.02 Å².